The lowest BCUT2D eigenvalue weighted by Gasteiger charge is -2.31. The van der Waals surface area contributed by atoms with Crippen LogP contribution < -0.4 is 0 Å². The predicted molar refractivity (Wildman–Crippen MR) is 264 cm³/mol. The number of hydrogen-bond donors (Lipinski definition) is 0. The first-order valence-corrected chi connectivity index (χ1v) is 23.4. The second kappa shape index (κ2) is 24.5. The Balaban J connectivity index is 0.000000249. The zero-order chi connectivity index (χ0) is 51.4. The highest BCUT2D eigenvalue weighted by molar-refractivity contribution is 9.10. The molecule has 17 heteroatoms. The molecule has 16 nitrogen and oxygen atoms in total. The van der Waals surface area contributed by atoms with E-state index in [1.165, 1.54) is 43.9 Å². The van der Waals surface area contributed by atoms with Crippen molar-refractivity contribution in [3.05, 3.63) is 101 Å². The van der Waals surface area contributed by atoms with Gasteiger partial charge in [-0.2, -0.15) is 0 Å². The number of fused-ring (bicyclic) bond motifs is 2. The molecule has 6 rings (SSSR count). The normalized spacial score (nSPS) is 18.3. The number of methoxy groups -OCH3 is 2. The van der Waals surface area contributed by atoms with Gasteiger partial charge in [0.05, 0.1) is 58.5 Å². The van der Waals surface area contributed by atoms with E-state index in [1.807, 2.05) is 101 Å². The van der Waals surface area contributed by atoms with Gasteiger partial charge < -0.3 is 28.4 Å². The van der Waals surface area contributed by atoms with Gasteiger partial charge in [-0.25, -0.2) is 29.4 Å². The zero-order valence-electron chi connectivity index (χ0n) is 41.6. The third-order valence-corrected chi connectivity index (χ3v) is 12.2. The number of cyclic esters (lactones) is 2. The minimum Gasteiger partial charge on any atom is -0.456 e. The average Bonchev–Trinajstić information content (AvgIpc) is 3.89. The van der Waals surface area contributed by atoms with Crippen molar-refractivity contribution in [1.29, 1.82) is 0 Å². The Morgan fingerprint density at radius 1 is 0.710 bits per heavy atom. The maximum atomic E-state index is 13.5. The van der Waals surface area contributed by atoms with E-state index >= 15 is 0 Å². The third-order valence-electron chi connectivity index (χ3n) is 11.7. The number of pyridine rings is 2. The molecule has 0 aliphatic carbocycles. The molecule has 0 radical (unpaired) electrons. The molecule has 2 aromatic carbocycles. The van der Waals surface area contributed by atoms with E-state index in [2.05, 4.69) is 32.5 Å². The van der Waals surface area contributed by atoms with Crippen LogP contribution in [0, 0.1) is 22.7 Å². The average molecular weight is 1020 g/mol. The zero-order valence-corrected chi connectivity index (χ0v) is 43.2. The molecule has 2 aromatic heterocycles. The number of esters is 2. The lowest BCUT2D eigenvalue weighted by Crippen LogP contribution is -2.49. The van der Waals surface area contributed by atoms with Crippen LogP contribution in [0.5, 0.6) is 0 Å². The SMILES string of the molecule is C=C[C@](C)(COC)C(=O)N1C(=O)OC[C@H]1C(C)C.CC(=O)O[C@H](C)c1ccc2ccc(Br)cc2n1.COC[C@@](C)(/C=C/c1ccc2ccc([C@@H](C)OC(C)=O)nc2c1)C(=O)N1C(=O)OC[C@H]1C(C)C. The molecule has 2 aliphatic heterocycles. The summed E-state index contributed by atoms with van der Waals surface area (Å²) in [6.07, 6.45) is 3.11. The number of ether oxygens (including phenoxy) is 6. The summed E-state index contributed by atoms with van der Waals surface area (Å²) in [7, 11) is 3.03. The highest BCUT2D eigenvalue weighted by Crippen LogP contribution is 2.32. The van der Waals surface area contributed by atoms with E-state index in [0.717, 1.165) is 37.5 Å². The van der Waals surface area contributed by atoms with Gasteiger partial charge in [0, 0.05) is 43.3 Å². The van der Waals surface area contributed by atoms with Crippen molar-refractivity contribution in [1.82, 2.24) is 19.8 Å². The van der Waals surface area contributed by atoms with E-state index < -0.39 is 29.1 Å². The van der Waals surface area contributed by atoms with Crippen molar-refractivity contribution >= 4 is 79.8 Å². The number of carbonyl (C=O) groups is 6. The van der Waals surface area contributed by atoms with Gasteiger partial charge in [0.25, 0.3) is 0 Å². The van der Waals surface area contributed by atoms with Crippen LogP contribution >= 0.6 is 15.9 Å². The summed E-state index contributed by atoms with van der Waals surface area (Å²) in [5.41, 5.74) is 1.88. The summed E-state index contributed by atoms with van der Waals surface area (Å²) in [4.78, 5) is 83.7. The van der Waals surface area contributed by atoms with Crippen molar-refractivity contribution in [2.75, 3.05) is 40.6 Å². The Morgan fingerprint density at radius 2 is 1.13 bits per heavy atom. The number of amides is 4. The number of hydrogen-bond acceptors (Lipinski definition) is 14. The van der Waals surface area contributed by atoms with Crippen LogP contribution in [0.4, 0.5) is 9.59 Å². The fourth-order valence-electron chi connectivity index (χ4n) is 7.57. The van der Waals surface area contributed by atoms with E-state index in [1.54, 1.807) is 26.8 Å². The van der Waals surface area contributed by atoms with Crippen molar-refractivity contribution in [2.45, 2.75) is 93.5 Å². The van der Waals surface area contributed by atoms with Crippen LogP contribution in [0.3, 0.4) is 0 Å². The Bertz CT molecular complexity index is 2550. The predicted octanol–water partition coefficient (Wildman–Crippen LogP) is 9.98. The molecule has 0 unspecified atom stereocenters. The Labute approximate surface area is 412 Å². The smallest absolute Gasteiger partial charge is 0.417 e. The van der Waals surface area contributed by atoms with Gasteiger partial charge in [-0.3, -0.25) is 19.2 Å². The topological polar surface area (TPSA) is 190 Å². The molecular weight excluding hydrogens is 952 g/mol. The molecule has 2 fully saturated rings. The van der Waals surface area contributed by atoms with Gasteiger partial charge >= 0.3 is 24.1 Å². The molecule has 0 N–H and O–H groups in total. The molecule has 2 saturated heterocycles. The number of imide groups is 2. The standard InChI is InChI=1S/C26H32N2O6.C13H12BrNO2.C13H21NO4/c1-16(2)23-14-33-25(31)28(23)24(30)26(5,15-32-6)12-11-19-7-8-20-9-10-21(27-22(20)13-19)17(3)34-18(4)29;1-8(17-9(2)16)12-6-4-10-3-5-11(14)7-13(10)15-12;1-6-13(4,8-17-5)11(15)14-10(9(2)3)7-18-12(14)16/h7-13,16-17,23H,14-15H2,1-6H3;3-8H,1-2H3;6,9-10H,1,7-8H2,2-5H3/b12-11+;;/t17-,23+,26-;8-;10-,13+/m110/s1. The van der Waals surface area contributed by atoms with E-state index in [-0.39, 0.29) is 80.2 Å². The summed E-state index contributed by atoms with van der Waals surface area (Å²) >= 11 is 3.41. The summed E-state index contributed by atoms with van der Waals surface area (Å²) in [5.74, 6) is -1.12. The van der Waals surface area contributed by atoms with Crippen molar-refractivity contribution < 1.29 is 57.2 Å². The van der Waals surface area contributed by atoms with Gasteiger partial charge in [0.2, 0.25) is 11.8 Å². The first-order chi connectivity index (χ1) is 32.5. The van der Waals surface area contributed by atoms with Gasteiger partial charge in [-0.15, -0.1) is 6.58 Å². The molecule has 4 heterocycles. The van der Waals surface area contributed by atoms with E-state index in [0.29, 0.717) is 5.69 Å². The molecule has 4 amide bonds. The Kier molecular flexibility index (Phi) is 19.7. The fourth-order valence-corrected chi connectivity index (χ4v) is 7.92. The Morgan fingerprint density at radius 3 is 1.57 bits per heavy atom. The molecule has 0 spiro atoms. The minimum absolute atomic E-state index is 0.0707. The quantitative estimate of drug-likeness (QED) is 0.0621. The van der Waals surface area contributed by atoms with Gasteiger partial charge in [-0.05, 0) is 75.4 Å². The van der Waals surface area contributed by atoms with Gasteiger partial charge in [-0.1, -0.05) is 92.2 Å². The van der Waals surface area contributed by atoms with Gasteiger partial charge in [0.1, 0.15) is 25.4 Å². The summed E-state index contributed by atoms with van der Waals surface area (Å²) in [6, 6.07) is 18.7. The molecule has 0 bridgehead atoms. The highest BCUT2D eigenvalue weighted by Gasteiger charge is 2.47. The first kappa shape index (κ1) is 55.6. The molecule has 4 aromatic rings. The monoisotopic (exact) mass is 1020 g/mol. The van der Waals surface area contributed by atoms with Crippen molar-refractivity contribution in [2.24, 2.45) is 22.7 Å². The lowest BCUT2D eigenvalue weighted by molar-refractivity contribution is -0.147. The molecule has 69 heavy (non-hydrogen) atoms. The van der Waals surface area contributed by atoms with Crippen LogP contribution in [0.1, 0.15) is 98.4 Å². The third kappa shape index (κ3) is 14.3. The molecule has 0 saturated carbocycles. The molecule has 372 valence electrons. The van der Waals surface area contributed by atoms with Crippen molar-refractivity contribution in [3.8, 4) is 0 Å². The fraction of sp³-hybridized carbons (Fsp3) is 0.462. The number of benzene rings is 2. The van der Waals surface area contributed by atoms with Crippen LogP contribution in [-0.2, 0) is 47.6 Å². The number of nitrogens with zero attached hydrogens (tertiary/aromatic N) is 4. The second-order valence-corrected chi connectivity index (χ2v) is 19.0. The van der Waals surface area contributed by atoms with Crippen LogP contribution in [0.15, 0.2) is 83.9 Å². The van der Waals surface area contributed by atoms with Crippen LogP contribution in [0.2, 0.25) is 0 Å². The van der Waals surface area contributed by atoms with Crippen LogP contribution in [0.25, 0.3) is 27.9 Å². The highest BCUT2D eigenvalue weighted by atomic mass is 79.9. The number of aromatic nitrogens is 2. The summed E-state index contributed by atoms with van der Waals surface area (Å²) in [5, 5.41) is 2.00. The minimum atomic E-state index is -1.07. The molecular formula is C52H65BrN4O12. The number of rotatable bonds is 15. The molecule has 2 aliphatic rings. The van der Waals surface area contributed by atoms with Crippen molar-refractivity contribution in [3.63, 3.8) is 0 Å². The number of halogens is 1. The van der Waals surface area contributed by atoms with E-state index in [4.69, 9.17) is 28.4 Å². The Hall–Kier alpha value is -6.04. The van der Waals surface area contributed by atoms with Gasteiger partial charge in [0.15, 0.2) is 0 Å². The molecule has 6 atom stereocenters. The summed E-state index contributed by atoms with van der Waals surface area (Å²) < 4.78 is 31.8. The van der Waals surface area contributed by atoms with Crippen LogP contribution in [-0.4, -0.2) is 108 Å². The maximum Gasteiger partial charge on any atom is 0.417 e. The maximum absolute atomic E-state index is 13.5. The first-order valence-electron chi connectivity index (χ1n) is 22.6. The largest absolute Gasteiger partial charge is 0.456 e. The van der Waals surface area contributed by atoms with E-state index in [9.17, 15) is 28.8 Å². The summed E-state index contributed by atoms with van der Waals surface area (Å²) in [6.45, 7) is 22.0. The number of carbonyl (C=O) groups excluding carboxylic acids is 6. The second-order valence-electron chi connectivity index (χ2n) is 18.1. The lowest BCUT2D eigenvalue weighted by atomic mass is 9.87.